The molecule has 2 rings (SSSR count). The van der Waals surface area contributed by atoms with E-state index >= 15 is 0 Å². The van der Waals surface area contributed by atoms with Crippen LogP contribution in [0.2, 0.25) is 0 Å². The molecule has 92 valence electrons. The maximum Gasteiger partial charge on any atom is 0.0507 e. The largest absolute Gasteiger partial charge is 0.309 e. The molecule has 4 atom stereocenters. The normalized spacial score (nSPS) is 39.8. The zero-order valence-corrected chi connectivity index (χ0v) is 11.4. The predicted octanol–water partition coefficient (Wildman–Crippen LogP) is 2.37. The van der Waals surface area contributed by atoms with Gasteiger partial charge in [-0.3, -0.25) is 0 Å². The van der Waals surface area contributed by atoms with E-state index in [9.17, 15) is 0 Å². The maximum atomic E-state index is 3.75. The van der Waals surface area contributed by atoms with E-state index in [2.05, 4.69) is 49.2 Å². The van der Waals surface area contributed by atoms with Crippen LogP contribution in [-0.2, 0) is 0 Å². The second-order valence-electron chi connectivity index (χ2n) is 5.20. The van der Waals surface area contributed by atoms with Crippen molar-refractivity contribution in [2.45, 2.75) is 50.3 Å². The zero-order chi connectivity index (χ0) is 11.5. The highest BCUT2D eigenvalue weighted by Gasteiger charge is 2.25. The van der Waals surface area contributed by atoms with Crippen LogP contribution in [0.15, 0.2) is 11.6 Å². The second-order valence-corrected chi connectivity index (χ2v) is 6.84. The molecule has 0 saturated carbocycles. The molecule has 1 fully saturated rings. The number of allylic oxidation sites excluding steroid dienone is 1. The fourth-order valence-corrected chi connectivity index (χ4v) is 3.89. The van der Waals surface area contributed by atoms with Crippen LogP contribution < -0.4 is 10.6 Å². The van der Waals surface area contributed by atoms with Gasteiger partial charge in [0.25, 0.3) is 0 Å². The van der Waals surface area contributed by atoms with Crippen LogP contribution in [-0.4, -0.2) is 29.8 Å². The van der Waals surface area contributed by atoms with Crippen molar-refractivity contribution in [1.82, 2.24) is 10.6 Å². The van der Waals surface area contributed by atoms with E-state index in [1.54, 1.807) is 5.57 Å². The number of nitrogens with one attached hydrogen (secondary N) is 2. The maximum absolute atomic E-state index is 3.75. The average molecular weight is 240 g/mol. The van der Waals surface area contributed by atoms with Crippen molar-refractivity contribution in [2.75, 3.05) is 13.1 Å². The van der Waals surface area contributed by atoms with Gasteiger partial charge in [-0.25, -0.2) is 0 Å². The molecule has 1 heterocycles. The van der Waals surface area contributed by atoms with Gasteiger partial charge in [-0.1, -0.05) is 18.6 Å². The lowest BCUT2D eigenvalue weighted by Gasteiger charge is -2.30. The first-order chi connectivity index (χ1) is 7.66. The predicted molar refractivity (Wildman–Crippen MR) is 72.8 cm³/mol. The van der Waals surface area contributed by atoms with Crippen LogP contribution in [0.25, 0.3) is 0 Å². The van der Waals surface area contributed by atoms with Gasteiger partial charge in [0.1, 0.15) is 0 Å². The molecule has 0 aromatic heterocycles. The Bertz CT molecular complexity index is 265. The van der Waals surface area contributed by atoms with Gasteiger partial charge in [-0.2, -0.15) is 0 Å². The molecule has 4 unspecified atom stereocenters. The van der Waals surface area contributed by atoms with Crippen molar-refractivity contribution in [3.8, 4) is 0 Å². The zero-order valence-electron chi connectivity index (χ0n) is 10.6. The Balaban J connectivity index is 1.80. The Morgan fingerprint density at radius 2 is 2.31 bits per heavy atom. The third-order valence-electron chi connectivity index (χ3n) is 3.74. The average Bonchev–Trinajstić information content (AvgIpc) is 2.63. The Hall–Kier alpha value is 0.0100. The Kier molecular flexibility index (Phi) is 4.34. The standard InChI is InChI=1S/C13H24N2S/c1-9-5-4-6-10(2)13(9)15-8-12-7-14-11(3)16-12/h5,10-15H,4,6-8H2,1-3H3. The molecular formula is C13H24N2S. The monoisotopic (exact) mass is 240 g/mol. The summed E-state index contributed by atoms with van der Waals surface area (Å²) in [6.45, 7) is 9.19. The summed E-state index contributed by atoms with van der Waals surface area (Å²) in [5.74, 6) is 0.793. The molecule has 2 nitrogen and oxygen atoms in total. The molecule has 1 aliphatic carbocycles. The van der Waals surface area contributed by atoms with Gasteiger partial charge in [-0.15, -0.1) is 11.8 Å². The molecular weight excluding hydrogens is 216 g/mol. The van der Waals surface area contributed by atoms with E-state index in [0.717, 1.165) is 24.3 Å². The minimum Gasteiger partial charge on any atom is -0.309 e. The number of hydrogen-bond donors (Lipinski definition) is 2. The van der Waals surface area contributed by atoms with Crippen LogP contribution >= 0.6 is 11.8 Å². The summed E-state index contributed by atoms with van der Waals surface area (Å²) in [6, 6.07) is 0.616. The molecule has 1 aliphatic heterocycles. The van der Waals surface area contributed by atoms with Gasteiger partial charge in [0.2, 0.25) is 0 Å². The topological polar surface area (TPSA) is 24.1 Å². The van der Waals surface area contributed by atoms with E-state index < -0.39 is 0 Å². The molecule has 1 saturated heterocycles. The van der Waals surface area contributed by atoms with E-state index in [1.807, 2.05) is 0 Å². The summed E-state index contributed by atoms with van der Waals surface area (Å²) >= 11 is 2.06. The molecule has 2 aliphatic rings. The molecule has 0 aromatic rings. The lowest BCUT2D eigenvalue weighted by molar-refractivity contribution is 0.381. The molecule has 0 amide bonds. The van der Waals surface area contributed by atoms with Crippen molar-refractivity contribution in [3.63, 3.8) is 0 Å². The summed E-state index contributed by atoms with van der Waals surface area (Å²) in [5.41, 5.74) is 1.54. The number of thioether (sulfide) groups is 1. The van der Waals surface area contributed by atoms with Crippen LogP contribution in [0.1, 0.15) is 33.6 Å². The highest BCUT2D eigenvalue weighted by atomic mass is 32.2. The minimum absolute atomic E-state index is 0.616. The van der Waals surface area contributed by atoms with Crippen molar-refractivity contribution in [2.24, 2.45) is 5.92 Å². The van der Waals surface area contributed by atoms with Crippen LogP contribution in [0.3, 0.4) is 0 Å². The summed E-state index contributed by atoms with van der Waals surface area (Å²) < 4.78 is 0. The first kappa shape index (κ1) is 12.5. The summed E-state index contributed by atoms with van der Waals surface area (Å²) in [6.07, 6.45) is 5.00. The third-order valence-corrected chi connectivity index (χ3v) is 5.04. The molecule has 0 spiro atoms. The number of rotatable bonds is 3. The van der Waals surface area contributed by atoms with Gasteiger partial charge in [-0.05, 0) is 32.6 Å². The fourth-order valence-electron chi connectivity index (χ4n) is 2.74. The van der Waals surface area contributed by atoms with Gasteiger partial charge >= 0.3 is 0 Å². The summed E-state index contributed by atoms with van der Waals surface area (Å²) in [5, 5.41) is 8.62. The van der Waals surface area contributed by atoms with Crippen LogP contribution in [0.4, 0.5) is 0 Å². The highest BCUT2D eigenvalue weighted by Crippen LogP contribution is 2.25. The molecule has 0 bridgehead atoms. The Morgan fingerprint density at radius 1 is 1.50 bits per heavy atom. The van der Waals surface area contributed by atoms with E-state index in [0.29, 0.717) is 11.4 Å². The Morgan fingerprint density at radius 3 is 2.94 bits per heavy atom. The quantitative estimate of drug-likeness (QED) is 0.741. The minimum atomic E-state index is 0.616. The molecule has 0 aromatic carbocycles. The summed E-state index contributed by atoms with van der Waals surface area (Å²) in [7, 11) is 0. The second kappa shape index (κ2) is 5.56. The van der Waals surface area contributed by atoms with E-state index in [4.69, 9.17) is 0 Å². The smallest absolute Gasteiger partial charge is 0.0507 e. The van der Waals surface area contributed by atoms with Gasteiger partial charge < -0.3 is 10.6 Å². The van der Waals surface area contributed by atoms with E-state index in [-0.39, 0.29) is 0 Å². The molecule has 16 heavy (non-hydrogen) atoms. The third kappa shape index (κ3) is 3.02. The van der Waals surface area contributed by atoms with Crippen molar-refractivity contribution in [3.05, 3.63) is 11.6 Å². The van der Waals surface area contributed by atoms with Gasteiger partial charge in [0, 0.05) is 24.4 Å². The molecule has 3 heteroatoms. The van der Waals surface area contributed by atoms with Crippen LogP contribution in [0, 0.1) is 5.92 Å². The first-order valence-electron chi connectivity index (χ1n) is 6.45. The lowest BCUT2D eigenvalue weighted by atomic mass is 9.86. The van der Waals surface area contributed by atoms with Crippen molar-refractivity contribution in [1.29, 1.82) is 0 Å². The lowest BCUT2D eigenvalue weighted by Crippen LogP contribution is -2.41. The van der Waals surface area contributed by atoms with Crippen molar-refractivity contribution >= 4 is 11.8 Å². The first-order valence-corrected chi connectivity index (χ1v) is 7.40. The fraction of sp³-hybridized carbons (Fsp3) is 0.846. The molecule has 0 radical (unpaired) electrons. The van der Waals surface area contributed by atoms with Crippen LogP contribution in [0.5, 0.6) is 0 Å². The van der Waals surface area contributed by atoms with Gasteiger partial charge in [0.05, 0.1) is 5.37 Å². The Labute approximate surface area is 104 Å². The molecule has 2 N–H and O–H groups in total. The van der Waals surface area contributed by atoms with Crippen molar-refractivity contribution < 1.29 is 0 Å². The highest BCUT2D eigenvalue weighted by molar-refractivity contribution is 8.00. The number of hydrogen-bond acceptors (Lipinski definition) is 3. The summed E-state index contributed by atoms with van der Waals surface area (Å²) in [4.78, 5) is 0. The van der Waals surface area contributed by atoms with Gasteiger partial charge in [0.15, 0.2) is 0 Å². The van der Waals surface area contributed by atoms with E-state index in [1.165, 1.54) is 12.8 Å². The SMILES string of the molecule is CC1=CCCC(C)C1NCC1CNC(C)S1.